The zero-order valence-electron chi connectivity index (χ0n) is 17.8. The zero-order chi connectivity index (χ0) is 21.5. The number of aryl methyl sites for hydroxylation is 1. The number of thioether (sulfide) groups is 1. The summed E-state index contributed by atoms with van der Waals surface area (Å²) < 4.78 is 7.89. The number of nitrogens with zero attached hydrogens (tertiary/aromatic N) is 4. The average Bonchev–Trinajstić information content (AvgIpc) is 3.30. The molecular weight excluding hydrogens is 408 g/mol. The Balaban J connectivity index is 1.32. The number of benzene rings is 2. The smallest absolute Gasteiger partial charge is 0.233 e. The van der Waals surface area contributed by atoms with E-state index in [9.17, 15) is 4.79 Å². The van der Waals surface area contributed by atoms with Crippen molar-refractivity contribution in [2.24, 2.45) is 5.92 Å². The van der Waals surface area contributed by atoms with Crippen LogP contribution in [-0.2, 0) is 11.2 Å². The minimum atomic E-state index is 0.146. The topological polar surface area (TPSA) is 60.2 Å². The van der Waals surface area contributed by atoms with E-state index in [-0.39, 0.29) is 5.91 Å². The van der Waals surface area contributed by atoms with Crippen LogP contribution in [0.2, 0.25) is 0 Å². The molecular formula is C24H28N4O2S. The first-order chi connectivity index (χ1) is 15.2. The summed E-state index contributed by atoms with van der Waals surface area (Å²) in [4.78, 5) is 14.9. The maximum atomic E-state index is 12.9. The standard InChI is InChI=1S/C24H28N4O2S/c1-2-20-10-6-7-13-22(20)28-18-25-26-24(28)31-17-23(29)27-14-8-9-19(15-27)16-30-21-11-4-3-5-12-21/h3-7,10-13,18-19H,2,8-9,14-17H2,1H3. The van der Waals surface area contributed by atoms with Gasteiger partial charge in [0.1, 0.15) is 12.1 Å². The van der Waals surface area contributed by atoms with Crippen LogP contribution in [0, 0.1) is 5.92 Å². The van der Waals surface area contributed by atoms with Gasteiger partial charge in [-0.25, -0.2) is 0 Å². The lowest BCUT2D eigenvalue weighted by molar-refractivity contribution is -0.130. The van der Waals surface area contributed by atoms with E-state index in [2.05, 4.69) is 29.3 Å². The molecule has 1 unspecified atom stereocenters. The number of hydrogen-bond donors (Lipinski definition) is 0. The normalized spacial score (nSPS) is 16.3. The summed E-state index contributed by atoms with van der Waals surface area (Å²) in [6.07, 6.45) is 4.75. The van der Waals surface area contributed by atoms with Crippen molar-refractivity contribution in [3.8, 4) is 11.4 Å². The highest BCUT2D eigenvalue weighted by Gasteiger charge is 2.24. The van der Waals surface area contributed by atoms with Gasteiger partial charge in [0.2, 0.25) is 5.91 Å². The van der Waals surface area contributed by atoms with E-state index >= 15 is 0 Å². The van der Waals surface area contributed by atoms with Crippen LogP contribution in [0.1, 0.15) is 25.3 Å². The molecule has 0 N–H and O–H groups in total. The molecule has 1 aliphatic heterocycles. The van der Waals surface area contributed by atoms with Crippen LogP contribution in [0.25, 0.3) is 5.69 Å². The van der Waals surface area contributed by atoms with E-state index in [1.165, 1.54) is 17.3 Å². The lowest BCUT2D eigenvalue weighted by atomic mass is 9.99. The molecule has 6 nitrogen and oxygen atoms in total. The van der Waals surface area contributed by atoms with E-state index in [0.717, 1.165) is 48.9 Å². The van der Waals surface area contributed by atoms with Gasteiger partial charge >= 0.3 is 0 Å². The highest BCUT2D eigenvalue weighted by atomic mass is 32.2. The molecule has 1 amide bonds. The predicted octanol–water partition coefficient (Wildman–Crippen LogP) is 4.24. The number of ether oxygens (including phenoxy) is 1. The molecule has 1 saturated heterocycles. The van der Waals surface area contributed by atoms with E-state index in [1.54, 1.807) is 6.33 Å². The molecule has 162 valence electrons. The summed E-state index contributed by atoms with van der Waals surface area (Å²) in [6, 6.07) is 18.1. The monoisotopic (exact) mass is 436 g/mol. The largest absolute Gasteiger partial charge is 0.493 e. The molecule has 0 aliphatic carbocycles. The molecule has 2 heterocycles. The first kappa shape index (κ1) is 21.4. The van der Waals surface area contributed by atoms with E-state index in [1.807, 2.05) is 51.9 Å². The van der Waals surface area contributed by atoms with Crippen molar-refractivity contribution < 1.29 is 9.53 Å². The molecule has 1 atom stereocenters. The molecule has 31 heavy (non-hydrogen) atoms. The number of carbonyl (C=O) groups excluding carboxylic acids is 1. The van der Waals surface area contributed by atoms with Crippen LogP contribution in [0.4, 0.5) is 0 Å². The van der Waals surface area contributed by atoms with Crippen LogP contribution in [0.15, 0.2) is 66.1 Å². The lowest BCUT2D eigenvalue weighted by Gasteiger charge is -2.32. The van der Waals surface area contributed by atoms with Crippen molar-refractivity contribution in [2.75, 3.05) is 25.4 Å². The minimum absolute atomic E-state index is 0.146. The fourth-order valence-corrected chi connectivity index (χ4v) is 4.73. The second kappa shape index (κ2) is 10.5. The fraction of sp³-hybridized carbons (Fsp3) is 0.375. The molecule has 7 heteroatoms. The van der Waals surface area contributed by atoms with Gasteiger partial charge in [-0.05, 0) is 43.0 Å². The van der Waals surface area contributed by atoms with Gasteiger partial charge in [0, 0.05) is 19.0 Å². The van der Waals surface area contributed by atoms with Crippen molar-refractivity contribution in [3.63, 3.8) is 0 Å². The van der Waals surface area contributed by atoms with Crippen LogP contribution < -0.4 is 4.74 Å². The maximum absolute atomic E-state index is 12.9. The van der Waals surface area contributed by atoms with Gasteiger partial charge in [-0.3, -0.25) is 9.36 Å². The van der Waals surface area contributed by atoms with Crippen molar-refractivity contribution in [3.05, 3.63) is 66.5 Å². The molecule has 1 aliphatic rings. The number of rotatable bonds is 8. The number of para-hydroxylation sites is 2. The van der Waals surface area contributed by atoms with Crippen LogP contribution in [0.5, 0.6) is 5.75 Å². The second-order valence-corrected chi connectivity index (χ2v) is 8.67. The molecule has 0 radical (unpaired) electrons. The number of likely N-dealkylation sites (tertiary alicyclic amines) is 1. The van der Waals surface area contributed by atoms with Crippen molar-refractivity contribution in [1.29, 1.82) is 0 Å². The highest BCUT2D eigenvalue weighted by molar-refractivity contribution is 7.99. The molecule has 1 fully saturated rings. The Morgan fingerprint density at radius 1 is 1.16 bits per heavy atom. The van der Waals surface area contributed by atoms with Crippen molar-refractivity contribution in [2.45, 2.75) is 31.3 Å². The molecule has 1 aromatic heterocycles. The third-order valence-electron chi connectivity index (χ3n) is 5.57. The quantitative estimate of drug-likeness (QED) is 0.494. The van der Waals surface area contributed by atoms with E-state index in [0.29, 0.717) is 18.3 Å². The van der Waals surface area contributed by atoms with Crippen molar-refractivity contribution >= 4 is 17.7 Å². The van der Waals surface area contributed by atoms with Gasteiger partial charge in [0.05, 0.1) is 18.0 Å². The summed E-state index contributed by atoms with van der Waals surface area (Å²) in [6.45, 7) is 4.33. The molecule has 0 bridgehead atoms. The number of piperidine rings is 1. The summed E-state index contributed by atoms with van der Waals surface area (Å²) in [7, 11) is 0. The number of amides is 1. The molecule has 0 spiro atoms. The first-order valence-electron chi connectivity index (χ1n) is 10.8. The van der Waals surface area contributed by atoms with E-state index < -0.39 is 0 Å². The minimum Gasteiger partial charge on any atom is -0.493 e. The average molecular weight is 437 g/mol. The summed E-state index contributed by atoms with van der Waals surface area (Å²) in [5, 5.41) is 9.07. The summed E-state index contributed by atoms with van der Waals surface area (Å²) in [5.41, 5.74) is 2.30. The molecule has 3 aromatic rings. The Kier molecular flexibility index (Phi) is 7.25. The molecule has 2 aromatic carbocycles. The fourth-order valence-electron chi connectivity index (χ4n) is 3.91. The first-order valence-corrected chi connectivity index (χ1v) is 11.8. The van der Waals surface area contributed by atoms with Crippen LogP contribution in [0.3, 0.4) is 0 Å². The number of aromatic nitrogens is 3. The Hall–Kier alpha value is -2.80. The lowest BCUT2D eigenvalue weighted by Crippen LogP contribution is -2.42. The highest BCUT2D eigenvalue weighted by Crippen LogP contribution is 2.24. The molecule has 0 saturated carbocycles. The van der Waals surface area contributed by atoms with Crippen LogP contribution >= 0.6 is 11.8 Å². The van der Waals surface area contributed by atoms with Crippen molar-refractivity contribution in [1.82, 2.24) is 19.7 Å². The Morgan fingerprint density at radius 3 is 2.81 bits per heavy atom. The summed E-state index contributed by atoms with van der Waals surface area (Å²) >= 11 is 1.45. The Labute approximate surface area is 187 Å². The molecule has 4 rings (SSSR count). The van der Waals surface area contributed by atoms with Gasteiger partial charge in [-0.1, -0.05) is 55.1 Å². The van der Waals surface area contributed by atoms with Gasteiger partial charge in [-0.15, -0.1) is 10.2 Å². The second-order valence-electron chi connectivity index (χ2n) is 7.73. The third kappa shape index (κ3) is 5.47. The van der Waals surface area contributed by atoms with Crippen LogP contribution in [-0.4, -0.2) is 51.0 Å². The SMILES string of the molecule is CCc1ccccc1-n1cnnc1SCC(=O)N1CCCC(COc2ccccc2)C1. The predicted molar refractivity (Wildman–Crippen MR) is 123 cm³/mol. The Morgan fingerprint density at radius 2 is 1.97 bits per heavy atom. The van der Waals surface area contributed by atoms with Gasteiger partial charge in [0.15, 0.2) is 5.16 Å². The third-order valence-corrected chi connectivity index (χ3v) is 6.50. The van der Waals surface area contributed by atoms with Gasteiger partial charge in [0.25, 0.3) is 0 Å². The van der Waals surface area contributed by atoms with E-state index in [4.69, 9.17) is 4.74 Å². The number of hydrogen-bond acceptors (Lipinski definition) is 5. The van der Waals surface area contributed by atoms with Gasteiger partial charge < -0.3 is 9.64 Å². The number of carbonyl (C=O) groups is 1. The Bertz CT molecular complexity index is 992. The zero-order valence-corrected chi connectivity index (χ0v) is 18.6. The maximum Gasteiger partial charge on any atom is 0.233 e. The summed E-state index contributed by atoms with van der Waals surface area (Å²) in [5.74, 6) is 1.75. The van der Waals surface area contributed by atoms with Gasteiger partial charge in [-0.2, -0.15) is 0 Å².